The van der Waals surface area contributed by atoms with Crippen LogP contribution in [0, 0.1) is 5.82 Å². The summed E-state index contributed by atoms with van der Waals surface area (Å²) in [4.78, 5) is 4.56. The maximum Gasteiger partial charge on any atom is 0.145 e. The highest BCUT2D eigenvalue weighted by molar-refractivity contribution is 5.96. The van der Waals surface area contributed by atoms with Gasteiger partial charge in [0.05, 0.1) is 0 Å². The van der Waals surface area contributed by atoms with Gasteiger partial charge < -0.3 is 4.57 Å². The third-order valence-electron chi connectivity index (χ3n) is 4.54. The van der Waals surface area contributed by atoms with E-state index in [1.807, 2.05) is 53.2 Å². The van der Waals surface area contributed by atoms with E-state index in [-0.39, 0.29) is 5.82 Å². The van der Waals surface area contributed by atoms with E-state index in [4.69, 9.17) is 0 Å². The van der Waals surface area contributed by atoms with Crippen LogP contribution >= 0.6 is 0 Å². The number of hydrogen-bond donors (Lipinski definition) is 1. The van der Waals surface area contributed by atoms with Crippen LogP contribution in [-0.4, -0.2) is 25.0 Å². The number of H-pyrrole nitrogens is 1. The first kappa shape index (κ1) is 15.5. The van der Waals surface area contributed by atoms with Gasteiger partial charge in [-0.2, -0.15) is 15.4 Å². The van der Waals surface area contributed by atoms with E-state index in [1.54, 1.807) is 18.3 Å². The largest absolute Gasteiger partial charge is 0.301 e. The van der Waals surface area contributed by atoms with E-state index in [0.717, 1.165) is 27.8 Å². The third kappa shape index (κ3) is 2.58. The Morgan fingerprint density at radius 3 is 2.41 bits per heavy atom. The lowest BCUT2D eigenvalue weighted by Crippen LogP contribution is -1.94. The van der Waals surface area contributed by atoms with Crippen molar-refractivity contribution in [3.8, 4) is 28.2 Å². The molecule has 3 heterocycles. The Morgan fingerprint density at radius 2 is 1.59 bits per heavy atom. The molecule has 5 rings (SSSR count). The molecule has 0 saturated carbocycles. The first-order valence-electron chi connectivity index (χ1n) is 8.50. The van der Waals surface area contributed by atoms with Crippen molar-refractivity contribution in [3.05, 3.63) is 84.9 Å². The van der Waals surface area contributed by atoms with Crippen LogP contribution in [0.1, 0.15) is 0 Å². The Bertz CT molecular complexity index is 1220. The Morgan fingerprint density at radius 1 is 0.815 bits per heavy atom. The monoisotopic (exact) mass is 355 g/mol. The number of para-hydroxylation sites is 1. The lowest BCUT2D eigenvalue weighted by Gasteiger charge is -2.06. The minimum atomic E-state index is -0.282. The predicted molar refractivity (Wildman–Crippen MR) is 102 cm³/mol. The molecule has 0 fully saturated rings. The molecule has 0 unspecified atom stereocenters. The first-order valence-corrected chi connectivity index (χ1v) is 8.50. The van der Waals surface area contributed by atoms with Crippen molar-refractivity contribution in [2.24, 2.45) is 0 Å². The van der Waals surface area contributed by atoms with Crippen LogP contribution in [0.4, 0.5) is 4.39 Å². The molecule has 5 aromatic rings. The molecule has 0 bridgehead atoms. The zero-order valence-corrected chi connectivity index (χ0v) is 14.2. The molecule has 3 aromatic heterocycles. The fourth-order valence-electron chi connectivity index (χ4n) is 3.27. The minimum absolute atomic E-state index is 0.282. The van der Waals surface area contributed by atoms with E-state index in [0.29, 0.717) is 11.4 Å². The van der Waals surface area contributed by atoms with Gasteiger partial charge in [0, 0.05) is 34.6 Å². The molecular formula is C21H14FN5. The predicted octanol–water partition coefficient (Wildman–Crippen LogP) is 4.62. The molecule has 0 atom stereocenters. The van der Waals surface area contributed by atoms with Gasteiger partial charge in [-0.15, -0.1) is 0 Å². The van der Waals surface area contributed by atoms with Gasteiger partial charge in [-0.25, -0.2) is 9.37 Å². The third-order valence-corrected chi connectivity index (χ3v) is 4.54. The van der Waals surface area contributed by atoms with Crippen molar-refractivity contribution < 1.29 is 4.39 Å². The number of aromatic amines is 1. The van der Waals surface area contributed by atoms with Gasteiger partial charge in [0.25, 0.3) is 0 Å². The Hall–Kier alpha value is -3.80. The lowest BCUT2D eigenvalue weighted by molar-refractivity contribution is 0.628. The van der Waals surface area contributed by atoms with Crippen LogP contribution in [0.5, 0.6) is 0 Å². The fourth-order valence-corrected chi connectivity index (χ4v) is 3.27. The van der Waals surface area contributed by atoms with Crippen LogP contribution in [0.3, 0.4) is 0 Å². The Balaban J connectivity index is 1.69. The number of benzene rings is 2. The van der Waals surface area contributed by atoms with E-state index in [2.05, 4.69) is 20.4 Å². The molecule has 0 amide bonds. The van der Waals surface area contributed by atoms with Crippen LogP contribution in [-0.2, 0) is 0 Å². The van der Waals surface area contributed by atoms with Gasteiger partial charge in [-0.1, -0.05) is 18.2 Å². The quantitative estimate of drug-likeness (QED) is 0.514. The number of nitrogens with zero attached hydrogens (tertiary/aromatic N) is 4. The van der Waals surface area contributed by atoms with Crippen molar-refractivity contribution in [3.63, 3.8) is 0 Å². The van der Waals surface area contributed by atoms with Crippen molar-refractivity contribution in [1.29, 1.82) is 0 Å². The molecule has 130 valence electrons. The SMILES string of the molecule is Fc1ccc(-c2n[nH]nc2-c2ccnc3c2ccn3-c2ccccc2)cc1. The van der Waals surface area contributed by atoms with E-state index in [9.17, 15) is 4.39 Å². The second-order valence-electron chi connectivity index (χ2n) is 6.14. The first-order chi connectivity index (χ1) is 13.3. The molecule has 6 heteroatoms. The number of hydrogen-bond acceptors (Lipinski definition) is 3. The van der Waals surface area contributed by atoms with Crippen LogP contribution < -0.4 is 0 Å². The zero-order chi connectivity index (χ0) is 18.2. The summed E-state index contributed by atoms with van der Waals surface area (Å²) in [5, 5.41) is 12.3. The van der Waals surface area contributed by atoms with Gasteiger partial charge in [-0.05, 0) is 48.5 Å². The van der Waals surface area contributed by atoms with Crippen LogP contribution in [0.25, 0.3) is 39.2 Å². The second-order valence-corrected chi connectivity index (χ2v) is 6.14. The van der Waals surface area contributed by atoms with Gasteiger partial charge in [-0.3, -0.25) is 0 Å². The van der Waals surface area contributed by atoms with Gasteiger partial charge in [0.2, 0.25) is 0 Å². The lowest BCUT2D eigenvalue weighted by atomic mass is 10.0. The summed E-state index contributed by atoms with van der Waals surface area (Å²) in [5.41, 5.74) is 4.98. The summed E-state index contributed by atoms with van der Waals surface area (Å²) in [7, 11) is 0. The van der Waals surface area contributed by atoms with Gasteiger partial charge in [0.15, 0.2) is 0 Å². The maximum atomic E-state index is 13.3. The molecule has 27 heavy (non-hydrogen) atoms. The number of rotatable bonds is 3. The smallest absolute Gasteiger partial charge is 0.145 e. The second kappa shape index (κ2) is 6.17. The average molecular weight is 355 g/mol. The summed E-state index contributed by atoms with van der Waals surface area (Å²) < 4.78 is 15.3. The number of nitrogens with one attached hydrogen (secondary N) is 1. The van der Waals surface area contributed by atoms with E-state index >= 15 is 0 Å². The zero-order valence-electron chi connectivity index (χ0n) is 14.2. The topological polar surface area (TPSA) is 59.4 Å². The number of fused-ring (bicyclic) bond motifs is 1. The van der Waals surface area contributed by atoms with Crippen molar-refractivity contribution in [2.75, 3.05) is 0 Å². The highest BCUT2D eigenvalue weighted by Gasteiger charge is 2.17. The molecular weight excluding hydrogens is 341 g/mol. The standard InChI is InChI=1S/C21H14FN5/c22-15-8-6-14(7-9-15)19-20(25-26-24-19)17-10-12-23-21-18(17)11-13-27(21)16-4-2-1-3-5-16/h1-13H,(H,24,25,26). The van der Waals surface area contributed by atoms with Gasteiger partial charge >= 0.3 is 0 Å². The molecule has 0 radical (unpaired) electrons. The summed E-state index contributed by atoms with van der Waals surface area (Å²) >= 11 is 0. The minimum Gasteiger partial charge on any atom is -0.301 e. The molecule has 0 saturated heterocycles. The fraction of sp³-hybridized carbons (Fsp3) is 0. The Kier molecular flexibility index (Phi) is 3.53. The summed E-state index contributed by atoms with van der Waals surface area (Å²) in [5.74, 6) is -0.282. The number of pyridine rings is 1. The maximum absolute atomic E-state index is 13.3. The highest BCUT2D eigenvalue weighted by atomic mass is 19.1. The molecule has 2 aromatic carbocycles. The highest BCUT2D eigenvalue weighted by Crippen LogP contribution is 2.33. The average Bonchev–Trinajstić information content (AvgIpc) is 3.36. The Labute approximate surface area is 154 Å². The van der Waals surface area contributed by atoms with Crippen molar-refractivity contribution in [1.82, 2.24) is 25.0 Å². The van der Waals surface area contributed by atoms with Crippen molar-refractivity contribution in [2.45, 2.75) is 0 Å². The molecule has 0 aliphatic rings. The van der Waals surface area contributed by atoms with E-state index < -0.39 is 0 Å². The molecule has 0 aliphatic heterocycles. The summed E-state index contributed by atoms with van der Waals surface area (Å²) in [6.07, 6.45) is 3.76. The molecule has 5 nitrogen and oxygen atoms in total. The van der Waals surface area contributed by atoms with Crippen molar-refractivity contribution >= 4 is 11.0 Å². The van der Waals surface area contributed by atoms with E-state index in [1.165, 1.54) is 12.1 Å². The molecule has 0 aliphatic carbocycles. The number of halogens is 1. The van der Waals surface area contributed by atoms with Crippen LogP contribution in [0.2, 0.25) is 0 Å². The number of aromatic nitrogens is 5. The molecule has 0 spiro atoms. The van der Waals surface area contributed by atoms with Gasteiger partial charge in [0.1, 0.15) is 22.9 Å². The summed E-state index contributed by atoms with van der Waals surface area (Å²) in [6.45, 7) is 0. The normalized spacial score (nSPS) is 11.1. The van der Waals surface area contributed by atoms with Crippen LogP contribution in [0.15, 0.2) is 79.1 Å². The molecule has 1 N–H and O–H groups in total. The summed E-state index contributed by atoms with van der Waals surface area (Å²) in [6, 6.07) is 20.2.